The van der Waals surface area contributed by atoms with Crippen LogP contribution in [-0.4, -0.2) is 37.1 Å². The zero-order valence-electron chi connectivity index (χ0n) is 10.2. The molecule has 1 aliphatic carbocycles. The van der Waals surface area contributed by atoms with E-state index in [4.69, 9.17) is 17.3 Å². The second-order valence-corrected chi connectivity index (χ2v) is 5.49. The molecule has 1 aliphatic heterocycles. The van der Waals surface area contributed by atoms with E-state index in [-0.39, 0.29) is 5.02 Å². The lowest BCUT2D eigenvalue weighted by atomic mass is 10.2. The van der Waals surface area contributed by atoms with Crippen LogP contribution < -0.4 is 10.6 Å². The number of piperazine rings is 1. The van der Waals surface area contributed by atoms with E-state index in [1.54, 1.807) is 0 Å². The van der Waals surface area contributed by atoms with Crippen molar-refractivity contribution in [3.63, 3.8) is 0 Å². The highest BCUT2D eigenvalue weighted by atomic mass is 35.5. The van der Waals surface area contributed by atoms with Crippen LogP contribution in [0.4, 0.5) is 15.8 Å². The molecule has 0 spiro atoms. The minimum absolute atomic E-state index is 0.0906. The second kappa shape index (κ2) is 4.59. The first-order chi connectivity index (χ1) is 8.65. The molecule has 3 nitrogen and oxygen atoms in total. The van der Waals surface area contributed by atoms with Gasteiger partial charge in [-0.1, -0.05) is 11.6 Å². The average Bonchev–Trinajstić information content (AvgIpc) is 3.18. The summed E-state index contributed by atoms with van der Waals surface area (Å²) in [5.74, 6) is -0.398. The van der Waals surface area contributed by atoms with Crippen LogP contribution in [0.25, 0.3) is 0 Å². The molecule has 0 unspecified atom stereocenters. The monoisotopic (exact) mass is 269 g/mol. The van der Waals surface area contributed by atoms with Crippen LogP contribution in [0.3, 0.4) is 0 Å². The van der Waals surface area contributed by atoms with Crippen molar-refractivity contribution in [2.75, 3.05) is 36.8 Å². The lowest BCUT2D eigenvalue weighted by Crippen LogP contribution is -2.47. The smallest absolute Gasteiger partial charge is 0.144 e. The van der Waals surface area contributed by atoms with Gasteiger partial charge in [-0.15, -0.1) is 0 Å². The third-order valence-electron chi connectivity index (χ3n) is 3.79. The second-order valence-electron chi connectivity index (χ2n) is 5.08. The predicted molar refractivity (Wildman–Crippen MR) is 72.6 cm³/mol. The predicted octanol–water partition coefficient (Wildman–Crippen LogP) is 2.35. The van der Waals surface area contributed by atoms with E-state index in [1.165, 1.54) is 25.0 Å². The zero-order chi connectivity index (χ0) is 12.7. The number of hydrogen-bond donors (Lipinski definition) is 1. The number of benzene rings is 1. The number of nitrogen functional groups attached to an aromatic ring is 1. The standard InChI is InChI=1S/C13H17ClFN3/c14-10-7-12(16)13(8-11(10)15)18-5-3-17(4-6-18)9-1-2-9/h7-9H,1-6,16H2. The van der Waals surface area contributed by atoms with Gasteiger partial charge in [0.1, 0.15) is 5.82 Å². The highest BCUT2D eigenvalue weighted by molar-refractivity contribution is 6.31. The van der Waals surface area contributed by atoms with Crippen molar-refractivity contribution < 1.29 is 4.39 Å². The number of nitrogens with two attached hydrogens (primary N) is 1. The molecule has 0 atom stereocenters. The first kappa shape index (κ1) is 12.1. The van der Waals surface area contributed by atoms with Crippen LogP contribution in [0.15, 0.2) is 12.1 Å². The number of nitrogens with zero attached hydrogens (tertiary/aromatic N) is 2. The van der Waals surface area contributed by atoms with Crippen molar-refractivity contribution in [2.45, 2.75) is 18.9 Å². The summed E-state index contributed by atoms with van der Waals surface area (Å²) >= 11 is 5.72. The summed E-state index contributed by atoms with van der Waals surface area (Å²) in [6.45, 7) is 3.88. The average molecular weight is 270 g/mol. The van der Waals surface area contributed by atoms with Crippen molar-refractivity contribution >= 4 is 23.0 Å². The van der Waals surface area contributed by atoms with Gasteiger partial charge in [0, 0.05) is 38.3 Å². The van der Waals surface area contributed by atoms with E-state index >= 15 is 0 Å². The van der Waals surface area contributed by atoms with Gasteiger partial charge in [0.15, 0.2) is 0 Å². The molecular weight excluding hydrogens is 253 g/mol. The fraction of sp³-hybridized carbons (Fsp3) is 0.538. The molecule has 0 bridgehead atoms. The van der Waals surface area contributed by atoms with Gasteiger partial charge in [-0.3, -0.25) is 4.90 Å². The third kappa shape index (κ3) is 2.27. The summed E-state index contributed by atoms with van der Waals surface area (Å²) in [6, 6.07) is 3.75. The van der Waals surface area contributed by atoms with Crippen molar-refractivity contribution in [3.8, 4) is 0 Å². The lowest BCUT2D eigenvalue weighted by molar-refractivity contribution is 0.248. The molecule has 3 rings (SSSR count). The Labute approximate surface area is 111 Å². The first-order valence-corrected chi connectivity index (χ1v) is 6.76. The van der Waals surface area contributed by atoms with E-state index in [2.05, 4.69) is 9.80 Å². The molecule has 1 heterocycles. The maximum absolute atomic E-state index is 13.5. The molecule has 5 heteroatoms. The lowest BCUT2D eigenvalue weighted by Gasteiger charge is -2.36. The van der Waals surface area contributed by atoms with E-state index < -0.39 is 5.82 Å². The van der Waals surface area contributed by atoms with Crippen molar-refractivity contribution in [1.82, 2.24) is 4.90 Å². The summed E-state index contributed by atoms with van der Waals surface area (Å²) < 4.78 is 13.5. The van der Waals surface area contributed by atoms with Crippen LogP contribution in [0.5, 0.6) is 0 Å². The highest BCUT2D eigenvalue weighted by Crippen LogP contribution is 2.32. The largest absolute Gasteiger partial charge is 0.397 e. The molecule has 0 radical (unpaired) electrons. The number of anilines is 2. The summed E-state index contributed by atoms with van der Waals surface area (Å²) in [7, 11) is 0. The zero-order valence-corrected chi connectivity index (χ0v) is 11.0. The maximum atomic E-state index is 13.5. The van der Waals surface area contributed by atoms with Gasteiger partial charge in [-0.2, -0.15) is 0 Å². The van der Waals surface area contributed by atoms with Crippen molar-refractivity contribution in [2.24, 2.45) is 0 Å². The number of halogens is 2. The molecule has 1 aromatic rings. The van der Waals surface area contributed by atoms with E-state index in [9.17, 15) is 4.39 Å². The van der Waals surface area contributed by atoms with Crippen LogP contribution in [0, 0.1) is 5.82 Å². The molecular formula is C13H17ClFN3. The number of hydrogen-bond acceptors (Lipinski definition) is 3. The van der Waals surface area contributed by atoms with Crippen molar-refractivity contribution in [1.29, 1.82) is 0 Å². The topological polar surface area (TPSA) is 32.5 Å². The Morgan fingerprint density at radius 3 is 2.44 bits per heavy atom. The summed E-state index contributed by atoms with van der Waals surface area (Å²) in [5, 5.41) is 0.0906. The van der Waals surface area contributed by atoms with Gasteiger partial charge in [-0.25, -0.2) is 4.39 Å². The van der Waals surface area contributed by atoms with E-state index in [1.807, 2.05) is 0 Å². The van der Waals surface area contributed by atoms with Gasteiger partial charge in [-0.05, 0) is 18.9 Å². The Bertz CT molecular complexity index is 454. The normalized spacial score (nSPS) is 21.3. The first-order valence-electron chi connectivity index (χ1n) is 6.38. The van der Waals surface area contributed by atoms with Gasteiger partial charge in [0.25, 0.3) is 0 Å². The van der Waals surface area contributed by atoms with Gasteiger partial charge < -0.3 is 10.6 Å². The van der Waals surface area contributed by atoms with Gasteiger partial charge >= 0.3 is 0 Å². The molecule has 2 aliphatic rings. The minimum Gasteiger partial charge on any atom is -0.397 e. The molecule has 0 amide bonds. The Morgan fingerprint density at radius 1 is 1.17 bits per heavy atom. The summed E-state index contributed by atoms with van der Waals surface area (Å²) in [5.41, 5.74) is 7.25. The van der Waals surface area contributed by atoms with Crippen LogP contribution in [0.1, 0.15) is 12.8 Å². The van der Waals surface area contributed by atoms with E-state index in [0.717, 1.165) is 37.9 Å². The minimum atomic E-state index is -0.398. The van der Waals surface area contributed by atoms with Crippen LogP contribution >= 0.6 is 11.6 Å². The molecule has 0 aromatic heterocycles. The molecule has 1 saturated heterocycles. The maximum Gasteiger partial charge on any atom is 0.144 e. The Morgan fingerprint density at radius 2 is 1.83 bits per heavy atom. The molecule has 2 fully saturated rings. The summed E-state index contributed by atoms with van der Waals surface area (Å²) in [6.07, 6.45) is 2.66. The number of rotatable bonds is 2. The molecule has 1 aromatic carbocycles. The fourth-order valence-electron chi connectivity index (χ4n) is 2.59. The quantitative estimate of drug-likeness (QED) is 0.837. The summed E-state index contributed by atoms with van der Waals surface area (Å²) in [4.78, 5) is 4.66. The Balaban J connectivity index is 1.73. The van der Waals surface area contributed by atoms with Crippen LogP contribution in [-0.2, 0) is 0 Å². The van der Waals surface area contributed by atoms with Gasteiger partial charge in [0.05, 0.1) is 16.4 Å². The van der Waals surface area contributed by atoms with E-state index in [0.29, 0.717) is 5.69 Å². The van der Waals surface area contributed by atoms with Gasteiger partial charge in [0.2, 0.25) is 0 Å². The molecule has 1 saturated carbocycles. The van der Waals surface area contributed by atoms with Crippen LogP contribution in [0.2, 0.25) is 5.02 Å². The SMILES string of the molecule is Nc1cc(Cl)c(F)cc1N1CCN(C2CC2)CC1. The Kier molecular flexibility index (Phi) is 3.08. The van der Waals surface area contributed by atoms with Crippen molar-refractivity contribution in [3.05, 3.63) is 23.0 Å². The fourth-order valence-corrected chi connectivity index (χ4v) is 2.77. The highest BCUT2D eigenvalue weighted by Gasteiger charge is 2.31. The molecule has 2 N–H and O–H groups in total. The third-order valence-corrected chi connectivity index (χ3v) is 4.08. The Hall–Kier alpha value is -1.00. The molecule has 18 heavy (non-hydrogen) atoms. The molecule has 98 valence electrons.